The molecule has 0 saturated carbocycles. The smallest absolute Gasteiger partial charge is 0.213 e. The molecule has 0 unspecified atom stereocenters. The van der Waals surface area contributed by atoms with E-state index in [-0.39, 0.29) is 0 Å². The van der Waals surface area contributed by atoms with Crippen LogP contribution in [0.3, 0.4) is 0 Å². The molecule has 0 radical (unpaired) electrons. The number of oxime groups is 1. The van der Waals surface area contributed by atoms with Crippen LogP contribution >= 0.6 is 0 Å². The summed E-state index contributed by atoms with van der Waals surface area (Å²) in [5.41, 5.74) is 3.85. The molecule has 0 bridgehead atoms. The molecule has 0 amide bonds. The van der Waals surface area contributed by atoms with Crippen molar-refractivity contribution < 1.29 is 9.77 Å². The Morgan fingerprint density at radius 1 is 0.952 bits per heavy atom. The molecule has 1 N–H and O–H groups in total. The quantitative estimate of drug-likeness (QED) is 0.339. The highest BCUT2D eigenvalue weighted by Crippen LogP contribution is 2.11. The second-order valence-corrected chi connectivity index (χ2v) is 5.03. The Labute approximate surface area is 123 Å². The fourth-order valence-corrected chi connectivity index (χ4v) is 2.54. The summed E-state index contributed by atoms with van der Waals surface area (Å²) < 4.78 is 2.16. The van der Waals surface area contributed by atoms with Crippen molar-refractivity contribution in [1.29, 1.82) is 0 Å². The van der Waals surface area contributed by atoms with Gasteiger partial charge in [-0.3, -0.25) is 0 Å². The predicted octanol–water partition coefficient (Wildman–Crippen LogP) is 3.31. The standard InChI is InChI=1S/C18H16N2O/c1-14-11-12-16-9-5-6-10-18(16)20(14)13-17(19-21)15-7-3-2-4-8-15/h2-12H,13H2,1H3/p+1/b19-17-. The average molecular weight is 277 g/mol. The lowest BCUT2D eigenvalue weighted by atomic mass is 10.1. The van der Waals surface area contributed by atoms with Crippen LogP contribution in [0.15, 0.2) is 71.9 Å². The van der Waals surface area contributed by atoms with E-state index in [0.717, 1.165) is 16.8 Å². The van der Waals surface area contributed by atoms with Gasteiger partial charge in [0.1, 0.15) is 0 Å². The Morgan fingerprint density at radius 2 is 1.67 bits per heavy atom. The minimum absolute atomic E-state index is 0.535. The van der Waals surface area contributed by atoms with Gasteiger partial charge < -0.3 is 5.21 Å². The van der Waals surface area contributed by atoms with Crippen molar-refractivity contribution in [3.63, 3.8) is 0 Å². The van der Waals surface area contributed by atoms with Gasteiger partial charge in [-0.05, 0) is 12.1 Å². The Bertz CT molecular complexity index is 795. The lowest BCUT2D eigenvalue weighted by Gasteiger charge is -2.06. The van der Waals surface area contributed by atoms with E-state index in [9.17, 15) is 5.21 Å². The highest BCUT2D eigenvalue weighted by molar-refractivity contribution is 5.99. The summed E-state index contributed by atoms with van der Waals surface area (Å²) in [4.78, 5) is 0. The number of hydrogen-bond donors (Lipinski definition) is 1. The summed E-state index contributed by atoms with van der Waals surface area (Å²) >= 11 is 0. The van der Waals surface area contributed by atoms with Crippen molar-refractivity contribution >= 4 is 16.6 Å². The summed E-state index contributed by atoms with van der Waals surface area (Å²) in [5.74, 6) is 0. The molecule has 21 heavy (non-hydrogen) atoms. The van der Waals surface area contributed by atoms with Gasteiger partial charge in [0.15, 0.2) is 18.0 Å². The third-order valence-electron chi connectivity index (χ3n) is 3.69. The van der Waals surface area contributed by atoms with Crippen LogP contribution in [-0.2, 0) is 6.54 Å². The maximum absolute atomic E-state index is 9.38. The molecule has 0 aliphatic rings. The number of hydrogen-bond acceptors (Lipinski definition) is 2. The first kappa shape index (κ1) is 13.3. The van der Waals surface area contributed by atoms with Crippen LogP contribution in [0.5, 0.6) is 0 Å². The molecule has 0 aliphatic heterocycles. The molecule has 1 aromatic heterocycles. The number of pyridine rings is 1. The zero-order valence-corrected chi connectivity index (χ0v) is 11.9. The lowest BCUT2D eigenvalue weighted by Crippen LogP contribution is -2.41. The van der Waals surface area contributed by atoms with Crippen molar-refractivity contribution in [2.75, 3.05) is 0 Å². The minimum Gasteiger partial charge on any atom is -0.410 e. The number of aryl methyl sites for hydroxylation is 1. The van der Waals surface area contributed by atoms with Crippen LogP contribution < -0.4 is 4.57 Å². The molecule has 0 saturated heterocycles. The zero-order chi connectivity index (χ0) is 14.7. The maximum Gasteiger partial charge on any atom is 0.213 e. The number of rotatable bonds is 3. The molecular weight excluding hydrogens is 260 g/mol. The van der Waals surface area contributed by atoms with E-state index in [1.54, 1.807) is 0 Å². The third-order valence-corrected chi connectivity index (χ3v) is 3.69. The summed E-state index contributed by atoms with van der Waals surface area (Å²) in [6.45, 7) is 2.60. The van der Waals surface area contributed by atoms with Gasteiger partial charge >= 0.3 is 0 Å². The van der Waals surface area contributed by atoms with E-state index in [1.807, 2.05) is 42.5 Å². The second kappa shape index (κ2) is 5.75. The highest BCUT2D eigenvalue weighted by Gasteiger charge is 2.16. The Morgan fingerprint density at radius 3 is 2.43 bits per heavy atom. The van der Waals surface area contributed by atoms with E-state index >= 15 is 0 Å². The van der Waals surface area contributed by atoms with Crippen molar-refractivity contribution in [1.82, 2.24) is 0 Å². The SMILES string of the molecule is Cc1ccc2ccccc2[n+]1C/C(=N/O)c1ccccc1. The van der Waals surface area contributed by atoms with Gasteiger partial charge in [-0.15, -0.1) is 0 Å². The minimum atomic E-state index is 0.535. The van der Waals surface area contributed by atoms with Gasteiger partial charge in [0.05, 0.1) is 0 Å². The fraction of sp³-hybridized carbons (Fsp3) is 0.111. The largest absolute Gasteiger partial charge is 0.410 e. The molecule has 3 nitrogen and oxygen atoms in total. The van der Waals surface area contributed by atoms with Gasteiger partial charge in [-0.2, -0.15) is 4.57 Å². The summed E-state index contributed by atoms with van der Waals surface area (Å²) in [7, 11) is 0. The van der Waals surface area contributed by atoms with E-state index in [1.165, 1.54) is 5.39 Å². The summed E-state index contributed by atoms with van der Waals surface area (Å²) in [6, 6.07) is 22.2. The number of aromatic nitrogens is 1. The maximum atomic E-state index is 9.38. The average Bonchev–Trinajstić information content (AvgIpc) is 2.55. The van der Waals surface area contributed by atoms with Gasteiger partial charge in [0, 0.05) is 30.0 Å². The molecule has 0 fully saturated rings. The first-order valence-electron chi connectivity index (χ1n) is 6.94. The van der Waals surface area contributed by atoms with E-state index in [0.29, 0.717) is 12.3 Å². The Balaban J connectivity index is 2.07. The molecular formula is C18H17N2O+. The first-order chi connectivity index (χ1) is 10.3. The van der Waals surface area contributed by atoms with Crippen LogP contribution in [0.1, 0.15) is 11.3 Å². The molecule has 0 spiro atoms. The summed E-state index contributed by atoms with van der Waals surface area (Å²) in [5, 5.41) is 14.1. The third kappa shape index (κ3) is 2.63. The molecule has 0 aliphatic carbocycles. The molecule has 2 aromatic carbocycles. The predicted molar refractivity (Wildman–Crippen MR) is 83.6 cm³/mol. The van der Waals surface area contributed by atoms with Crippen molar-refractivity contribution in [2.45, 2.75) is 13.5 Å². The molecule has 3 rings (SSSR count). The Hall–Kier alpha value is -2.68. The van der Waals surface area contributed by atoms with Gasteiger partial charge in [-0.25, -0.2) is 0 Å². The molecule has 104 valence electrons. The second-order valence-electron chi connectivity index (χ2n) is 5.03. The molecule has 0 atom stereocenters. The Kier molecular flexibility index (Phi) is 3.65. The molecule has 3 heteroatoms. The highest BCUT2D eigenvalue weighted by atomic mass is 16.4. The molecule has 1 heterocycles. The summed E-state index contributed by atoms with van der Waals surface area (Å²) in [6.07, 6.45) is 0. The monoisotopic (exact) mass is 277 g/mol. The van der Waals surface area contributed by atoms with Gasteiger partial charge in [-0.1, -0.05) is 47.6 Å². The zero-order valence-electron chi connectivity index (χ0n) is 11.9. The van der Waals surface area contributed by atoms with Gasteiger partial charge in [0.2, 0.25) is 5.52 Å². The van der Waals surface area contributed by atoms with Crippen molar-refractivity contribution in [3.8, 4) is 0 Å². The van der Waals surface area contributed by atoms with Crippen LogP contribution in [0, 0.1) is 6.92 Å². The van der Waals surface area contributed by atoms with Crippen molar-refractivity contribution in [3.05, 3.63) is 78.0 Å². The van der Waals surface area contributed by atoms with E-state index < -0.39 is 0 Å². The van der Waals surface area contributed by atoms with Crippen LogP contribution in [0.2, 0.25) is 0 Å². The van der Waals surface area contributed by atoms with Crippen molar-refractivity contribution in [2.24, 2.45) is 5.16 Å². The van der Waals surface area contributed by atoms with E-state index in [2.05, 4.69) is 40.9 Å². The fourth-order valence-electron chi connectivity index (χ4n) is 2.54. The van der Waals surface area contributed by atoms with E-state index in [4.69, 9.17) is 0 Å². The topological polar surface area (TPSA) is 36.5 Å². The first-order valence-corrected chi connectivity index (χ1v) is 6.94. The van der Waals surface area contributed by atoms with Crippen LogP contribution in [0.4, 0.5) is 0 Å². The van der Waals surface area contributed by atoms with Crippen LogP contribution in [0.25, 0.3) is 10.9 Å². The number of benzene rings is 2. The molecule has 3 aromatic rings. The number of fused-ring (bicyclic) bond motifs is 1. The number of para-hydroxylation sites is 1. The van der Waals surface area contributed by atoms with Gasteiger partial charge in [0.25, 0.3) is 0 Å². The number of nitrogens with zero attached hydrogens (tertiary/aromatic N) is 2. The normalized spacial score (nSPS) is 11.8. The van der Waals surface area contributed by atoms with Crippen LogP contribution in [-0.4, -0.2) is 10.9 Å². The lowest BCUT2D eigenvalue weighted by molar-refractivity contribution is -0.661.